The number of rotatable bonds is 6. The third kappa shape index (κ3) is 3.62. The zero-order chi connectivity index (χ0) is 12.3. The lowest BCUT2D eigenvalue weighted by Gasteiger charge is -2.30. The molecule has 0 saturated carbocycles. The van der Waals surface area contributed by atoms with E-state index in [-0.39, 0.29) is 13.0 Å². The average molecular weight is 262 g/mol. The molecule has 8 nitrogen and oxygen atoms in total. The fourth-order valence-electron chi connectivity index (χ4n) is 0.990. The Kier molecular flexibility index (Phi) is 5.11. The fraction of sp³-hybridized carbons (Fsp3) is 1.00. The molecule has 0 bridgehead atoms. The molecule has 92 valence electrons. The Bertz CT molecular complexity index is 274. The van der Waals surface area contributed by atoms with Crippen molar-refractivity contribution in [2.45, 2.75) is 24.3 Å². The van der Waals surface area contributed by atoms with Gasteiger partial charge in [0.1, 0.15) is 0 Å². The summed E-state index contributed by atoms with van der Waals surface area (Å²) in [5.74, 6) is 0. The van der Waals surface area contributed by atoms with E-state index >= 15 is 0 Å². The maximum absolute atomic E-state index is 10.9. The van der Waals surface area contributed by atoms with Gasteiger partial charge >= 0.3 is 15.2 Å². The van der Waals surface area contributed by atoms with Crippen LogP contribution in [0.1, 0.15) is 19.3 Å². The van der Waals surface area contributed by atoms with Crippen LogP contribution >= 0.6 is 15.2 Å². The lowest BCUT2D eigenvalue weighted by atomic mass is 10.2. The van der Waals surface area contributed by atoms with Gasteiger partial charge in [-0.25, -0.2) is 0 Å². The summed E-state index contributed by atoms with van der Waals surface area (Å²) in [5, 5.41) is -2.80. The molecule has 0 aromatic carbocycles. The van der Waals surface area contributed by atoms with Gasteiger partial charge in [0.05, 0.1) is 0 Å². The van der Waals surface area contributed by atoms with E-state index in [0.29, 0.717) is 6.42 Å². The molecule has 0 fully saturated rings. The SMILES string of the molecule is NCCCCC(N)(P(=O)(O)O)P(=O)(O)O. The molecular formula is C5H16N2O6P2. The Morgan fingerprint density at radius 1 is 1.00 bits per heavy atom. The molecule has 0 amide bonds. The van der Waals surface area contributed by atoms with Crippen molar-refractivity contribution in [3.8, 4) is 0 Å². The minimum absolute atomic E-state index is 0.142. The predicted octanol–water partition coefficient (Wildman–Crippen LogP) is -0.917. The Hall–Kier alpha value is 0.220. The van der Waals surface area contributed by atoms with Crippen LogP contribution in [0.2, 0.25) is 0 Å². The highest BCUT2D eigenvalue weighted by atomic mass is 31.2. The highest BCUT2D eigenvalue weighted by Gasteiger charge is 2.56. The Labute approximate surface area is 87.0 Å². The molecule has 15 heavy (non-hydrogen) atoms. The molecule has 0 aromatic heterocycles. The number of hydrogen-bond donors (Lipinski definition) is 6. The third-order valence-electron chi connectivity index (χ3n) is 2.01. The van der Waals surface area contributed by atoms with Crippen molar-refractivity contribution in [3.63, 3.8) is 0 Å². The van der Waals surface area contributed by atoms with Crippen LogP contribution in [0.4, 0.5) is 0 Å². The second-order valence-corrected chi connectivity index (χ2v) is 7.34. The van der Waals surface area contributed by atoms with Gasteiger partial charge in [-0.15, -0.1) is 0 Å². The van der Waals surface area contributed by atoms with E-state index in [1.165, 1.54) is 0 Å². The lowest BCUT2D eigenvalue weighted by molar-refractivity contribution is 0.300. The number of hydrogen-bond acceptors (Lipinski definition) is 4. The van der Waals surface area contributed by atoms with E-state index < -0.39 is 26.6 Å². The summed E-state index contributed by atoms with van der Waals surface area (Å²) in [6.07, 6.45) is 0.0565. The summed E-state index contributed by atoms with van der Waals surface area (Å²) in [6.45, 7) is 0.262. The van der Waals surface area contributed by atoms with E-state index in [4.69, 9.17) is 31.0 Å². The van der Waals surface area contributed by atoms with Crippen molar-refractivity contribution in [1.82, 2.24) is 0 Å². The van der Waals surface area contributed by atoms with Gasteiger partial charge in [-0.3, -0.25) is 9.13 Å². The predicted molar refractivity (Wildman–Crippen MR) is 53.9 cm³/mol. The first-order valence-electron chi connectivity index (χ1n) is 4.16. The third-order valence-corrected chi connectivity index (χ3v) is 6.04. The van der Waals surface area contributed by atoms with Crippen molar-refractivity contribution in [3.05, 3.63) is 0 Å². The molecule has 0 rings (SSSR count). The number of nitrogens with two attached hydrogens (primary N) is 2. The second-order valence-electron chi connectivity index (χ2n) is 3.21. The van der Waals surface area contributed by atoms with Crippen LogP contribution < -0.4 is 11.5 Å². The zero-order valence-electron chi connectivity index (χ0n) is 7.98. The van der Waals surface area contributed by atoms with Crippen LogP contribution in [0, 0.1) is 0 Å². The van der Waals surface area contributed by atoms with Crippen LogP contribution in [0.15, 0.2) is 0 Å². The quantitative estimate of drug-likeness (QED) is 0.264. The van der Waals surface area contributed by atoms with E-state index in [2.05, 4.69) is 0 Å². The second kappa shape index (κ2) is 5.03. The highest BCUT2D eigenvalue weighted by molar-refractivity contribution is 7.72. The normalized spacial score (nSPS) is 14.3. The first-order chi connectivity index (χ1) is 6.56. The highest BCUT2D eigenvalue weighted by Crippen LogP contribution is 2.67. The molecule has 0 aromatic rings. The zero-order valence-corrected chi connectivity index (χ0v) is 9.77. The molecule has 0 aliphatic carbocycles. The summed E-state index contributed by atoms with van der Waals surface area (Å²) in [6, 6.07) is 0. The maximum atomic E-state index is 10.9. The van der Waals surface area contributed by atoms with Gasteiger partial charge in [-0.1, -0.05) is 0 Å². The van der Waals surface area contributed by atoms with Crippen LogP contribution in [0.5, 0.6) is 0 Å². The Morgan fingerprint density at radius 2 is 1.40 bits per heavy atom. The molecule has 10 heteroatoms. The minimum atomic E-state index is -5.08. The van der Waals surface area contributed by atoms with Crippen molar-refractivity contribution in [2.24, 2.45) is 11.5 Å². The first-order valence-corrected chi connectivity index (χ1v) is 7.39. The Morgan fingerprint density at radius 3 is 1.67 bits per heavy atom. The van der Waals surface area contributed by atoms with Crippen LogP contribution in [0.25, 0.3) is 0 Å². The fourth-order valence-corrected chi connectivity index (χ4v) is 3.25. The van der Waals surface area contributed by atoms with Crippen molar-refractivity contribution >= 4 is 15.2 Å². The largest absolute Gasteiger partial charge is 0.357 e. The van der Waals surface area contributed by atoms with Crippen molar-refractivity contribution < 1.29 is 28.7 Å². The molecule has 0 aliphatic rings. The molecule has 0 radical (unpaired) electrons. The van der Waals surface area contributed by atoms with Crippen LogP contribution in [0.3, 0.4) is 0 Å². The molecule has 0 saturated heterocycles. The average Bonchev–Trinajstić information content (AvgIpc) is 2.00. The van der Waals surface area contributed by atoms with Crippen molar-refractivity contribution in [1.29, 1.82) is 0 Å². The topological polar surface area (TPSA) is 167 Å². The van der Waals surface area contributed by atoms with Crippen LogP contribution in [-0.4, -0.2) is 31.1 Å². The lowest BCUT2D eigenvalue weighted by Crippen LogP contribution is -2.39. The first kappa shape index (κ1) is 15.2. The molecule has 0 spiro atoms. The molecular weight excluding hydrogens is 246 g/mol. The molecule has 0 heterocycles. The van der Waals surface area contributed by atoms with Gasteiger partial charge in [0.2, 0.25) is 5.02 Å². The monoisotopic (exact) mass is 262 g/mol. The van der Waals surface area contributed by atoms with E-state index in [1.54, 1.807) is 0 Å². The summed E-state index contributed by atoms with van der Waals surface area (Å²) in [4.78, 5) is 35.3. The van der Waals surface area contributed by atoms with Crippen molar-refractivity contribution in [2.75, 3.05) is 6.54 Å². The standard InChI is InChI=1S/C5H16N2O6P2/c6-4-2-1-3-5(7,14(8,9)10)15(11,12)13/h1-4,6-7H2,(H2,8,9,10)(H2,11,12,13). The summed E-state index contributed by atoms with van der Waals surface area (Å²) in [7, 11) is -10.2. The van der Waals surface area contributed by atoms with E-state index in [9.17, 15) is 9.13 Å². The van der Waals surface area contributed by atoms with E-state index in [0.717, 1.165) is 0 Å². The maximum Gasteiger partial charge on any atom is 0.357 e. The van der Waals surface area contributed by atoms with Gasteiger partial charge in [-0.2, -0.15) is 0 Å². The smallest absolute Gasteiger partial charge is 0.330 e. The molecule has 0 aliphatic heterocycles. The summed E-state index contributed by atoms with van der Waals surface area (Å²) in [5.41, 5.74) is 10.3. The van der Waals surface area contributed by atoms with E-state index in [1.807, 2.05) is 0 Å². The van der Waals surface area contributed by atoms with Gasteiger partial charge in [0.25, 0.3) is 0 Å². The van der Waals surface area contributed by atoms with Gasteiger partial charge in [-0.05, 0) is 25.8 Å². The summed E-state index contributed by atoms with van der Waals surface area (Å²) >= 11 is 0. The molecule has 0 unspecified atom stereocenters. The number of unbranched alkanes of at least 4 members (excludes halogenated alkanes) is 1. The van der Waals surface area contributed by atoms with Gasteiger partial charge in [0, 0.05) is 0 Å². The Balaban J connectivity index is 4.91. The van der Waals surface area contributed by atoms with Gasteiger partial charge < -0.3 is 31.0 Å². The van der Waals surface area contributed by atoms with Crippen LogP contribution in [-0.2, 0) is 9.13 Å². The summed E-state index contributed by atoms with van der Waals surface area (Å²) < 4.78 is 21.9. The van der Waals surface area contributed by atoms with Gasteiger partial charge in [0.15, 0.2) is 0 Å². The molecule has 0 atom stereocenters. The molecule has 8 N–H and O–H groups in total. The minimum Gasteiger partial charge on any atom is -0.330 e.